The molecule has 0 saturated heterocycles. The summed E-state index contributed by atoms with van der Waals surface area (Å²) in [6.45, 7) is 2.17. The third-order valence-corrected chi connectivity index (χ3v) is 5.98. The Hall–Kier alpha value is -2.13. The van der Waals surface area contributed by atoms with Gasteiger partial charge in [0.25, 0.3) is 0 Å². The molecule has 0 unspecified atom stereocenters. The van der Waals surface area contributed by atoms with Gasteiger partial charge in [0, 0.05) is 11.8 Å². The summed E-state index contributed by atoms with van der Waals surface area (Å²) in [4.78, 5) is 5.98. The number of para-hydroxylation sites is 1. The Bertz CT molecular complexity index is 1040. The monoisotopic (exact) mass is 318 g/mol. The van der Waals surface area contributed by atoms with Crippen LogP contribution in [0.3, 0.4) is 0 Å². The largest absolute Gasteiger partial charge is 0.289 e. The molecule has 0 aliphatic heterocycles. The first-order chi connectivity index (χ1) is 11.3. The number of rotatable bonds is 1. The summed E-state index contributed by atoms with van der Waals surface area (Å²) < 4.78 is 3.56. The van der Waals surface area contributed by atoms with Crippen LogP contribution in [0.5, 0.6) is 0 Å². The van der Waals surface area contributed by atoms with E-state index in [1.165, 1.54) is 58.2 Å². The molecule has 2 nitrogen and oxygen atoms in total. The standard InChI is InChI=1S/C20H18N2S/c1-13-5-4-8-18-19(13)22-12-17(21-20(22)23-18)16-10-9-14-6-2-3-7-15(14)11-16/h4-5,8-12H,2-3,6-7H2,1H3. The first-order valence-corrected chi connectivity index (χ1v) is 9.11. The summed E-state index contributed by atoms with van der Waals surface area (Å²) in [7, 11) is 0. The molecule has 114 valence electrons. The van der Waals surface area contributed by atoms with Crippen LogP contribution < -0.4 is 0 Å². The van der Waals surface area contributed by atoms with E-state index in [1.54, 1.807) is 11.3 Å². The molecule has 2 aromatic carbocycles. The number of nitrogens with zero attached hydrogens (tertiary/aromatic N) is 2. The van der Waals surface area contributed by atoms with Crippen LogP contribution in [0, 0.1) is 6.92 Å². The molecule has 2 heterocycles. The van der Waals surface area contributed by atoms with E-state index in [0.29, 0.717) is 0 Å². The van der Waals surface area contributed by atoms with Crippen molar-refractivity contribution in [3.8, 4) is 11.3 Å². The second-order valence-corrected chi connectivity index (χ2v) is 7.50. The van der Waals surface area contributed by atoms with Gasteiger partial charge in [-0.15, -0.1) is 0 Å². The normalized spacial score (nSPS) is 14.5. The molecule has 1 aliphatic carbocycles. The molecule has 0 bridgehead atoms. The van der Waals surface area contributed by atoms with E-state index in [-0.39, 0.29) is 0 Å². The molecule has 4 aromatic rings. The van der Waals surface area contributed by atoms with Gasteiger partial charge >= 0.3 is 0 Å². The van der Waals surface area contributed by atoms with E-state index in [2.05, 4.69) is 53.9 Å². The third-order valence-electron chi connectivity index (χ3n) is 4.96. The fraction of sp³-hybridized carbons (Fsp3) is 0.250. The number of fused-ring (bicyclic) bond motifs is 4. The molecular weight excluding hydrogens is 300 g/mol. The molecule has 2 aromatic heterocycles. The van der Waals surface area contributed by atoms with E-state index < -0.39 is 0 Å². The summed E-state index contributed by atoms with van der Waals surface area (Å²) in [6, 6.07) is 13.4. The number of hydrogen-bond acceptors (Lipinski definition) is 2. The van der Waals surface area contributed by atoms with Gasteiger partial charge < -0.3 is 0 Å². The predicted octanol–water partition coefficient (Wildman–Crippen LogP) is 5.40. The maximum Gasteiger partial charge on any atom is 0.195 e. The highest BCUT2D eigenvalue weighted by molar-refractivity contribution is 7.23. The maximum absolute atomic E-state index is 4.89. The van der Waals surface area contributed by atoms with Crippen molar-refractivity contribution in [3.05, 3.63) is 59.3 Å². The van der Waals surface area contributed by atoms with Crippen LogP contribution in [0.15, 0.2) is 42.6 Å². The molecule has 0 radical (unpaired) electrons. The lowest BCUT2D eigenvalue weighted by molar-refractivity contribution is 0.686. The number of aryl methyl sites for hydroxylation is 3. The molecule has 1 aliphatic rings. The quantitative estimate of drug-likeness (QED) is 0.459. The molecule has 0 fully saturated rings. The van der Waals surface area contributed by atoms with Crippen molar-refractivity contribution in [2.45, 2.75) is 32.6 Å². The zero-order valence-electron chi connectivity index (χ0n) is 13.2. The topological polar surface area (TPSA) is 17.3 Å². The first-order valence-electron chi connectivity index (χ1n) is 8.29. The van der Waals surface area contributed by atoms with Crippen LogP contribution in [0.4, 0.5) is 0 Å². The van der Waals surface area contributed by atoms with Gasteiger partial charge in [-0.1, -0.05) is 35.6 Å². The molecule has 0 spiro atoms. The maximum atomic E-state index is 4.89. The lowest BCUT2D eigenvalue weighted by Crippen LogP contribution is -2.02. The van der Waals surface area contributed by atoms with Crippen molar-refractivity contribution in [2.24, 2.45) is 0 Å². The van der Waals surface area contributed by atoms with E-state index in [0.717, 1.165) is 10.7 Å². The van der Waals surface area contributed by atoms with Gasteiger partial charge in [0.05, 0.1) is 15.9 Å². The number of imidazole rings is 1. The summed E-state index contributed by atoms with van der Waals surface area (Å²) >= 11 is 1.77. The van der Waals surface area contributed by atoms with Crippen LogP contribution in [0.1, 0.15) is 29.5 Å². The number of aromatic nitrogens is 2. The van der Waals surface area contributed by atoms with Gasteiger partial charge in [0.2, 0.25) is 0 Å². The highest BCUT2D eigenvalue weighted by Crippen LogP contribution is 2.32. The minimum Gasteiger partial charge on any atom is -0.289 e. The number of thiazole rings is 1. The Balaban J connectivity index is 1.69. The Morgan fingerprint density at radius 1 is 1.04 bits per heavy atom. The lowest BCUT2D eigenvalue weighted by Gasteiger charge is -2.15. The van der Waals surface area contributed by atoms with Crippen molar-refractivity contribution in [1.29, 1.82) is 0 Å². The average molecular weight is 318 g/mol. The van der Waals surface area contributed by atoms with Gasteiger partial charge in [0.15, 0.2) is 4.96 Å². The smallest absolute Gasteiger partial charge is 0.195 e. The van der Waals surface area contributed by atoms with Crippen molar-refractivity contribution in [1.82, 2.24) is 9.38 Å². The fourth-order valence-corrected chi connectivity index (χ4v) is 4.83. The zero-order valence-corrected chi connectivity index (χ0v) is 14.0. The summed E-state index contributed by atoms with van der Waals surface area (Å²) in [5.74, 6) is 0. The summed E-state index contributed by atoms with van der Waals surface area (Å²) in [5, 5.41) is 0. The van der Waals surface area contributed by atoms with E-state index in [4.69, 9.17) is 4.98 Å². The number of benzene rings is 2. The van der Waals surface area contributed by atoms with Crippen LogP contribution in [-0.2, 0) is 12.8 Å². The van der Waals surface area contributed by atoms with Crippen LogP contribution in [-0.4, -0.2) is 9.38 Å². The number of hydrogen-bond donors (Lipinski definition) is 0. The summed E-state index contributed by atoms with van der Waals surface area (Å²) in [6.07, 6.45) is 7.30. The Kier molecular flexibility index (Phi) is 2.86. The fourth-order valence-electron chi connectivity index (χ4n) is 3.75. The molecule has 0 saturated carbocycles. The highest BCUT2D eigenvalue weighted by Gasteiger charge is 2.14. The van der Waals surface area contributed by atoms with E-state index in [9.17, 15) is 0 Å². The lowest BCUT2D eigenvalue weighted by atomic mass is 9.90. The van der Waals surface area contributed by atoms with Gasteiger partial charge in [0.1, 0.15) is 0 Å². The van der Waals surface area contributed by atoms with Gasteiger partial charge in [-0.3, -0.25) is 4.40 Å². The molecule has 5 rings (SSSR count). The van der Waals surface area contributed by atoms with Crippen LogP contribution in [0.25, 0.3) is 26.4 Å². The van der Waals surface area contributed by atoms with Gasteiger partial charge in [-0.05, 0) is 61.4 Å². The highest BCUT2D eigenvalue weighted by atomic mass is 32.1. The Morgan fingerprint density at radius 2 is 1.91 bits per heavy atom. The minimum absolute atomic E-state index is 1.09. The molecule has 0 atom stereocenters. The third kappa shape index (κ3) is 2.03. The molecule has 3 heteroatoms. The average Bonchev–Trinajstić information content (AvgIpc) is 3.12. The van der Waals surface area contributed by atoms with Crippen molar-refractivity contribution in [3.63, 3.8) is 0 Å². The first kappa shape index (κ1) is 13.3. The van der Waals surface area contributed by atoms with Gasteiger partial charge in [-0.2, -0.15) is 0 Å². The SMILES string of the molecule is Cc1cccc2sc3nc(-c4ccc5c(c4)CCCC5)cn3c12. The minimum atomic E-state index is 1.09. The predicted molar refractivity (Wildman–Crippen MR) is 97.4 cm³/mol. The zero-order chi connectivity index (χ0) is 15.4. The second kappa shape index (κ2) is 4.93. The second-order valence-electron chi connectivity index (χ2n) is 6.49. The molecule has 23 heavy (non-hydrogen) atoms. The van der Waals surface area contributed by atoms with E-state index in [1.807, 2.05) is 0 Å². The molecule has 0 amide bonds. The van der Waals surface area contributed by atoms with Crippen molar-refractivity contribution < 1.29 is 0 Å². The van der Waals surface area contributed by atoms with Crippen molar-refractivity contribution in [2.75, 3.05) is 0 Å². The Morgan fingerprint density at radius 3 is 2.83 bits per heavy atom. The molecular formula is C20H18N2S. The molecule has 0 N–H and O–H groups in total. The van der Waals surface area contributed by atoms with Crippen LogP contribution >= 0.6 is 11.3 Å². The van der Waals surface area contributed by atoms with Crippen LogP contribution in [0.2, 0.25) is 0 Å². The Labute approximate surface area is 139 Å². The van der Waals surface area contributed by atoms with E-state index >= 15 is 0 Å². The van der Waals surface area contributed by atoms with Crippen molar-refractivity contribution >= 4 is 26.5 Å². The van der Waals surface area contributed by atoms with Gasteiger partial charge in [-0.25, -0.2) is 4.98 Å². The summed E-state index contributed by atoms with van der Waals surface area (Å²) in [5.41, 5.74) is 8.00.